The van der Waals surface area contributed by atoms with Gasteiger partial charge in [0.25, 0.3) is 5.91 Å². The lowest BCUT2D eigenvalue weighted by molar-refractivity contribution is -0.0615. The van der Waals surface area contributed by atoms with Crippen LogP contribution in [0.15, 0.2) is 18.2 Å². The first-order valence-electron chi connectivity index (χ1n) is 6.73. The predicted octanol–water partition coefficient (Wildman–Crippen LogP) is 2.09. The number of methoxy groups -OCH3 is 1. The van der Waals surface area contributed by atoms with Crippen molar-refractivity contribution in [2.75, 3.05) is 13.7 Å². The molecule has 0 saturated carbocycles. The molecule has 5 heteroatoms. The van der Waals surface area contributed by atoms with Gasteiger partial charge >= 0.3 is 0 Å². The van der Waals surface area contributed by atoms with Crippen molar-refractivity contribution in [1.82, 2.24) is 5.32 Å². The van der Waals surface area contributed by atoms with E-state index in [9.17, 15) is 9.90 Å². The van der Waals surface area contributed by atoms with Crippen molar-refractivity contribution in [3.63, 3.8) is 0 Å². The second kappa shape index (κ2) is 5.71. The molecule has 1 atom stereocenters. The second-order valence-electron chi connectivity index (χ2n) is 5.66. The number of nitrogens with one attached hydrogen (secondary N) is 1. The Morgan fingerprint density at radius 1 is 1.50 bits per heavy atom. The number of rotatable bonds is 3. The molecule has 1 aromatic rings. The van der Waals surface area contributed by atoms with Gasteiger partial charge in [-0.05, 0) is 44.9 Å². The SMILES string of the molecule is COc1ccc(C(=O)NC2CCOC(C)(C)C2)cc1O. The van der Waals surface area contributed by atoms with Crippen molar-refractivity contribution in [2.45, 2.75) is 38.3 Å². The molecule has 0 radical (unpaired) electrons. The van der Waals surface area contributed by atoms with Gasteiger partial charge in [-0.3, -0.25) is 4.79 Å². The Morgan fingerprint density at radius 2 is 2.25 bits per heavy atom. The molecule has 0 bridgehead atoms. The molecule has 0 aromatic heterocycles. The molecule has 1 saturated heterocycles. The van der Waals surface area contributed by atoms with Gasteiger partial charge in [-0.15, -0.1) is 0 Å². The van der Waals surface area contributed by atoms with Gasteiger partial charge in [0, 0.05) is 18.2 Å². The molecular formula is C15H21NO4. The first-order chi connectivity index (χ1) is 9.41. The largest absolute Gasteiger partial charge is 0.504 e. The van der Waals surface area contributed by atoms with Crippen molar-refractivity contribution >= 4 is 5.91 Å². The summed E-state index contributed by atoms with van der Waals surface area (Å²) in [5.74, 6) is 0.131. The lowest BCUT2D eigenvalue weighted by Gasteiger charge is -2.35. The number of benzene rings is 1. The van der Waals surface area contributed by atoms with Crippen molar-refractivity contribution in [3.05, 3.63) is 23.8 Å². The number of aromatic hydroxyl groups is 1. The lowest BCUT2D eigenvalue weighted by Crippen LogP contribution is -2.45. The summed E-state index contributed by atoms with van der Waals surface area (Å²) >= 11 is 0. The zero-order valence-electron chi connectivity index (χ0n) is 12.1. The van der Waals surface area contributed by atoms with Crippen LogP contribution in [0.1, 0.15) is 37.0 Å². The van der Waals surface area contributed by atoms with Gasteiger partial charge < -0.3 is 19.9 Å². The van der Waals surface area contributed by atoms with Crippen LogP contribution in [-0.2, 0) is 4.74 Å². The highest BCUT2D eigenvalue weighted by Crippen LogP contribution is 2.27. The van der Waals surface area contributed by atoms with E-state index in [-0.39, 0.29) is 23.3 Å². The van der Waals surface area contributed by atoms with Crippen LogP contribution in [0.4, 0.5) is 0 Å². The molecule has 2 rings (SSSR count). The molecule has 1 fully saturated rings. The third-order valence-electron chi connectivity index (χ3n) is 3.47. The van der Waals surface area contributed by atoms with Crippen LogP contribution in [0, 0.1) is 0 Å². The number of amides is 1. The molecule has 1 aromatic carbocycles. The average molecular weight is 279 g/mol. The normalized spacial score (nSPS) is 21.2. The van der Waals surface area contributed by atoms with E-state index < -0.39 is 0 Å². The molecule has 110 valence electrons. The summed E-state index contributed by atoms with van der Waals surface area (Å²) in [7, 11) is 1.47. The van der Waals surface area contributed by atoms with Gasteiger partial charge in [0.1, 0.15) is 0 Å². The molecule has 1 unspecified atom stereocenters. The van der Waals surface area contributed by atoms with Crippen molar-refractivity contribution in [1.29, 1.82) is 0 Å². The smallest absolute Gasteiger partial charge is 0.251 e. The summed E-state index contributed by atoms with van der Waals surface area (Å²) in [4.78, 5) is 12.2. The minimum absolute atomic E-state index is 0.0348. The van der Waals surface area contributed by atoms with E-state index in [1.807, 2.05) is 13.8 Å². The highest BCUT2D eigenvalue weighted by Gasteiger charge is 2.29. The number of carbonyl (C=O) groups excluding carboxylic acids is 1. The summed E-state index contributed by atoms with van der Waals surface area (Å²) in [6.45, 7) is 4.68. The molecular weight excluding hydrogens is 258 g/mol. The summed E-state index contributed by atoms with van der Waals surface area (Å²) in [5.41, 5.74) is 0.214. The van der Waals surface area contributed by atoms with Gasteiger partial charge in [-0.1, -0.05) is 0 Å². The van der Waals surface area contributed by atoms with Gasteiger partial charge in [0.2, 0.25) is 0 Å². The first kappa shape index (κ1) is 14.7. The maximum Gasteiger partial charge on any atom is 0.251 e. The van der Waals surface area contributed by atoms with Gasteiger partial charge in [-0.25, -0.2) is 0 Å². The molecule has 1 amide bonds. The third kappa shape index (κ3) is 3.42. The highest BCUT2D eigenvalue weighted by atomic mass is 16.5. The topological polar surface area (TPSA) is 67.8 Å². The van der Waals surface area contributed by atoms with Gasteiger partial charge in [0.05, 0.1) is 12.7 Å². The number of hydrogen-bond donors (Lipinski definition) is 2. The zero-order chi connectivity index (χ0) is 14.8. The number of phenols is 1. The summed E-state index contributed by atoms with van der Waals surface area (Å²) < 4.78 is 10.6. The molecule has 2 N–H and O–H groups in total. The van der Waals surface area contributed by atoms with E-state index in [1.54, 1.807) is 12.1 Å². The van der Waals surface area contributed by atoms with Gasteiger partial charge in [0.15, 0.2) is 11.5 Å². The zero-order valence-corrected chi connectivity index (χ0v) is 12.1. The number of carbonyl (C=O) groups is 1. The number of hydrogen-bond acceptors (Lipinski definition) is 4. The quantitative estimate of drug-likeness (QED) is 0.889. The van der Waals surface area contributed by atoms with Crippen LogP contribution < -0.4 is 10.1 Å². The monoisotopic (exact) mass is 279 g/mol. The third-order valence-corrected chi connectivity index (χ3v) is 3.47. The van der Waals surface area contributed by atoms with Crippen molar-refractivity contribution < 1.29 is 19.4 Å². The maximum atomic E-state index is 12.2. The van der Waals surface area contributed by atoms with Crippen molar-refractivity contribution in [3.8, 4) is 11.5 Å². The van der Waals surface area contributed by atoms with Crippen LogP contribution in [0.25, 0.3) is 0 Å². The minimum Gasteiger partial charge on any atom is -0.504 e. The summed E-state index contributed by atoms with van der Waals surface area (Å²) in [6, 6.07) is 4.73. The van der Waals surface area contributed by atoms with E-state index in [0.29, 0.717) is 17.9 Å². The Labute approximate surface area is 118 Å². The van der Waals surface area contributed by atoms with Crippen LogP contribution in [-0.4, -0.2) is 36.4 Å². The molecule has 0 spiro atoms. The number of phenolic OH excluding ortho intramolecular Hbond substituents is 1. The molecule has 20 heavy (non-hydrogen) atoms. The Morgan fingerprint density at radius 3 is 2.85 bits per heavy atom. The summed E-state index contributed by atoms with van der Waals surface area (Å²) in [5, 5.41) is 12.7. The Bertz CT molecular complexity index is 499. The first-order valence-corrected chi connectivity index (χ1v) is 6.73. The molecule has 1 aliphatic heterocycles. The van der Waals surface area contributed by atoms with E-state index in [4.69, 9.17) is 9.47 Å². The Balaban J connectivity index is 2.03. The maximum absolute atomic E-state index is 12.2. The van der Waals surface area contributed by atoms with Crippen LogP contribution in [0.5, 0.6) is 11.5 Å². The lowest BCUT2D eigenvalue weighted by atomic mass is 9.94. The Kier molecular flexibility index (Phi) is 4.18. The fourth-order valence-electron chi connectivity index (χ4n) is 2.46. The average Bonchev–Trinajstić information content (AvgIpc) is 2.37. The Hall–Kier alpha value is -1.75. The standard InChI is InChI=1S/C15H21NO4/c1-15(2)9-11(6-7-20-15)16-14(18)10-4-5-13(19-3)12(17)8-10/h4-5,8,11,17H,6-7,9H2,1-3H3,(H,16,18). The number of ether oxygens (including phenoxy) is 2. The van der Waals surface area contributed by atoms with E-state index >= 15 is 0 Å². The van der Waals surface area contributed by atoms with E-state index in [1.165, 1.54) is 13.2 Å². The predicted molar refractivity (Wildman–Crippen MR) is 75.2 cm³/mol. The molecule has 5 nitrogen and oxygen atoms in total. The molecule has 1 heterocycles. The van der Waals surface area contributed by atoms with Crippen LogP contribution in [0.3, 0.4) is 0 Å². The van der Waals surface area contributed by atoms with Crippen LogP contribution >= 0.6 is 0 Å². The molecule has 1 aliphatic rings. The molecule has 0 aliphatic carbocycles. The van der Waals surface area contributed by atoms with E-state index in [0.717, 1.165) is 12.8 Å². The minimum atomic E-state index is -0.210. The fourth-order valence-corrected chi connectivity index (χ4v) is 2.46. The van der Waals surface area contributed by atoms with E-state index in [2.05, 4.69) is 5.32 Å². The fraction of sp³-hybridized carbons (Fsp3) is 0.533. The second-order valence-corrected chi connectivity index (χ2v) is 5.66. The van der Waals surface area contributed by atoms with Crippen LogP contribution in [0.2, 0.25) is 0 Å². The van der Waals surface area contributed by atoms with Gasteiger partial charge in [-0.2, -0.15) is 0 Å². The summed E-state index contributed by atoms with van der Waals surface area (Å²) in [6.07, 6.45) is 1.58. The highest BCUT2D eigenvalue weighted by molar-refractivity contribution is 5.95. The van der Waals surface area contributed by atoms with Crippen molar-refractivity contribution in [2.24, 2.45) is 0 Å².